The Morgan fingerprint density at radius 2 is 1.90 bits per heavy atom. The van der Waals surface area contributed by atoms with E-state index in [2.05, 4.69) is 0 Å². The molecule has 0 aliphatic carbocycles. The summed E-state index contributed by atoms with van der Waals surface area (Å²) in [4.78, 5) is 14.0. The third-order valence-electron chi connectivity index (χ3n) is 2.78. The summed E-state index contributed by atoms with van der Waals surface area (Å²) in [5.74, 6) is -0.200. The number of nitrogens with zero attached hydrogens (tertiary/aromatic N) is 1. The highest BCUT2D eigenvalue weighted by atomic mass is 32.2. The molecule has 1 aromatic carbocycles. The van der Waals surface area contributed by atoms with Gasteiger partial charge in [0.05, 0.1) is 11.5 Å². The van der Waals surface area contributed by atoms with Crippen LogP contribution in [-0.4, -0.2) is 50.1 Å². The Morgan fingerprint density at radius 3 is 2.45 bits per heavy atom. The van der Waals surface area contributed by atoms with Gasteiger partial charge in [-0.25, -0.2) is 12.8 Å². The Hall–Kier alpha value is -1.08. The van der Waals surface area contributed by atoms with Gasteiger partial charge < -0.3 is 4.90 Å². The van der Waals surface area contributed by atoms with Crippen LogP contribution in [0.15, 0.2) is 29.2 Å². The number of carbonyl (C=O) groups is 1. The number of hydrogen-bond donors (Lipinski definition) is 0. The number of rotatable bonds is 7. The number of thioether (sulfide) groups is 1. The minimum absolute atomic E-state index is 0.0209. The van der Waals surface area contributed by atoms with Gasteiger partial charge in [0, 0.05) is 24.2 Å². The largest absolute Gasteiger partial charge is 0.344 e. The summed E-state index contributed by atoms with van der Waals surface area (Å²) in [7, 11) is -1.48. The molecule has 0 radical (unpaired) electrons. The van der Waals surface area contributed by atoms with Crippen LogP contribution in [0.2, 0.25) is 0 Å². The maximum absolute atomic E-state index is 12.7. The number of halogens is 1. The van der Waals surface area contributed by atoms with E-state index in [1.54, 1.807) is 26.1 Å². The maximum Gasteiger partial charge on any atom is 0.232 e. The molecule has 0 N–H and O–H groups in total. The van der Waals surface area contributed by atoms with Crippen molar-refractivity contribution in [2.24, 2.45) is 0 Å². The van der Waals surface area contributed by atoms with Gasteiger partial charge in [-0.15, -0.1) is 11.8 Å². The highest BCUT2D eigenvalue weighted by Gasteiger charge is 2.13. The summed E-state index contributed by atoms with van der Waals surface area (Å²) in [5.41, 5.74) is 0. The predicted octanol–water partition coefficient (Wildman–Crippen LogP) is 1.81. The molecule has 1 rings (SSSR count). The number of sulfone groups is 1. The summed E-state index contributed by atoms with van der Waals surface area (Å²) in [6.07, 6.45) is 0. The van der Waals surface area contributed by atoms with Crippen LogP contribution in [0, 0.1) is 5.82 Å². The topological polar surface area (TPSA) is 54.5 Å². The standard InChI is InChI=1S/C13H18FNO3S2/c1-3-20(17,18)9-8-15(2)13(16)10-19-12-6-4-11(14)5-7-12/h4-7H,3,8-10H2,1-2H3. The van der Waals surface area contributed by atoms with Crippen molar-refractivity contribution in [3.63, 3.8) is 0 Å². The first-order valence-electron chi connectivity index (χ1n) is 6.17. The van der Waals surface area contributed by atoms with Gasteiger partial charge >= 0.3 is 0 Å². The molecular weight excluding hydrogens is 301 g/mol. The zero-order valence-electron chi connectivity index (χ0n) is 11.5. The molecule has 0 unspecified atom stereocenters. The molecule has 0 saturated carbocycles. The summed E-state index contributed by atoms with van der Waals surface area (Å²) in [5, 5.41) is 0. The minimum atomic E-state index is -3.06. The van der Waals surface area contributed by atoms with E-state index in [0.717, 1.165) is 4.90 Å². The van der Waals surface area contributed by atoms with Gasteiger partial charge in [0.15, 0.2) is 9.84 Å². The summed E-state index contributed by atoms with van der Waals surface area (Å²) in [6, 6.07) is 5.89. The first-order chi connectivity index (χ1) is 9.34. The van der Waals surface area contributed by atoms with Crippen molar-refractivity contribution in [1.82, 2.24) is 4.90 Å². The molecule has 7 heteroatoms. The van der Waals surface area contributed by atoms with E-state index in [1.165, 1.54) is 28.8 Å². The second kappa shape index (κ2) is 7.64. The van der Waals surface area contributed by atoms with E-state index in [9.17, 15) is 17.6 Å². The molecule has 1 amide bonds. The molecule has 0 atom stereocenters. The fourth-order valence-corrected chi connectivity index (χ4v) is 3.01. The second-order valence-corrected chi connectivity index (χ2v) is 7.82. The molecule has 1 aromatic rings. The lowest BCUT2D eigenvalue weighted by Gasteiger charge is -2.16. The zero-order chi connectivity index (χ0) is 15.2. The first-order valence-corrected chi connectivity index (χ1v) is 8.97. The maximum atomic E-state index is 12.7. The molecule has 0 saturated heterocycles. The summed E-state index contributed by atoms with van der Waals surface area (Å²) >= 11 is 1.30. The van der Waals surface area contributed by atoms with Crippen molar-refractivity contribution in [2.75, 3.05) is 30.9 Å². The van der Waals surface area contributed by atoms with E-state index in [1.807, 2.05) is 0 Å². The van der Waals surface area contributed by atoms with E-state index in [0.29, 0.717) is 0 Å². The first kappa shape index (κ1) is 17.0. The van der Waals surface area contributed by atoms with E-state index in [4.69, 9.17) is 0 Å². The lowest BCUT2D eigenvalue weighted by molar-refractivity contribution is -0.126. The lowest BCUT2D eigenvalue weighted by atomic mass is 10.4. The molecule has 20 heavy (non-hydrogen) atoms. The molecule has 112 valence electrons. The van der Waals surface area contributed by atoms with Crippen molar-refractivity contribution >= 4 is 27.5 Å². The van der Waals surface area contributed by atoms with Gasteiger partial charge in [0.2, 0.25) is 5.91 Å². The molecule has 0 fully saturated rings. The van der Waals surface area contributed by atoms with Crippen molar-refractivity contribution < 1.29 is 17.6 Å². The lowest BCUT2D eigenvalue weighted by Crippen LogP contribution is -2.33. The zero-order valence-corrected chi connectivity index (χ0v) is 13.1. The predicted molar refractivity (Wildman–Crippen MR) is 79.1 cm³/mol. The van der Waals surface area contributed by atoms with Crippen LogP contribution in [0.5, 0.6) is 0 Å². The van der Waals surface area contributed by atoms with Crippen molar-refractivity contribution in [3.8, 4) is 0 Å². The molecule has 0 aromatic heterocycles. The van der Waals surface area contributed by atoms with Crippen LogP contribution in [0.1, 0.15) is 6.92 Å². The third kappa shape index (κ3) is 5.92. The summed E-state index contributed by atoms with van der Waals surface area (Å²) in [6.45, 7) is 1.78. The Morgan fingerprint density at radius 1 is 1.30 bits per heavy atom. The van der Waals surface area contributed by atoms with E-state index in [-0.39, 0.29) is 35.5 Å². The highest BCUT2D eigenvalue weighted by molar-refractivity contribution is 8.00. The van der Waals surface area contributed by atoms with E-state index < -0.39 is 9.84 Å². The van der Waals surface area contributed by atoms with Gasteiger partial charge in [0.25, 0.3) is 0 Å². The van der Waals surface area contributed by atoms with Crippen LogP contribution in [0.4, 0.5) is 4.39 Å². The van der Waals surface area contributed by atoms with Crippen LogP contribution in [-0.2, 0) is 14.6 Å². The molecule has 0 aliphatic rings. The number of benzene rings is 1. The molecule has 0 aliphatic heterocycles. The monoisotopic (exact) mass is 319 g/mol. The van der Waals surface area contributed by atoms with Gasteiger partial charge in [0.1, 0.15) is 5.82 Å². The van der Waals surface area contributed by atoms with Crippen molar-refractivity contribution in [1.29, 1.82) is 0 Å². The average Bonchev–Trinajstić information content (AvgIpc) is 2.44. The number of amides is 1. The van der Waals surface area contributed by atoms with Crippen LogP contribution >= 0.6 is 11.8 Å². The average molecular weight is 319 g/mol. The van der Waals surface area contributed by atoms with Crippen LogP contribution < -0.4 is 0 Å². The minimum Gasteiger partial charge on any atom is -0.344 e. The second-order valence-electron chi connectivity index (χ2n) is 4.29. The molecule has 0 bridgehead atoms. The van der Waals surface area contributed by atoms with E-state index >= 15 is 0 Å². The third-order valence-corrected chi connectivity index (χ3v) is 5.46. The van der Waals surface area contributed by atoms with Gasteiger partial charge in [-0.05, 0) is 24.3 Å². The highest BCUT2D eigenvalue weighted by Crippen LogP contribution is 2.18. The van der Waals surface area contributed by atoms with Gasteiger partial charge in [-0.1, -0.05) is 6.92 Å². The Bertz CT molecular complexity index is 543. The molecule has 0 heterocycles. The van der Waals surface area contributed by atoms with Crippen molar-refractivity contribution in [2.45, 2.75) is 11.8 Å². The fraction of sp³-hybridized carbons (Fsp3) is 0.462. The number of hydrogen-bond acceptors (Lipinski definition) is 4. The number of carbonyl (C=O) groups excluding carboxylic acids is 1. The van der Waals surface area contributed by atoms with Crippen LogP contribution in [0.25, 0.3) is 0 Å². The Labute approximate surface area is 123 Å². The molecule has 0 spiro atoms. The van der Waals surface area contributed by atoms with Crippen LogP contribution in [0.3, 0.4) is 0 Å². The SMILES string of the molecule is CCS(=O)(=O)CCN(C)C(=O)CSc1ccc(F)cc1. The quantitative estimate of drug-likeness (QED) is 0.719. The Kier molecular flexibility index (Phi) is 6.48. The molecular formula is C13H18FNO3S2. The summed E-state index contributed by atoms with van der Waals surface area (Å²) < 4.78 is 35.4. The fourth-order valence-electron chi connectivity index (χ4n) is 1.33. The Balaban J connectivity index is 2.40. The molecule has 4 nitrogen and oxygen atoms in total. The smallest absolute Gasteiger partial charge is 0.232 e. The van der Waals surface area contributed by atoms with Gasteiger partial charge in [-0.2, -0.15) is 0 Å². The normalized spacial score (nSPS) is 11.3. The van der Waals surface area contributed by atoms with Gasteiger partial charge in [-0.3, -0.25) is 4.79 Å². The van der Waals surface area contributed by atoms with Crippen molar-refractivity contribution in [3.05, 3.63) is 30.1 Å².